The second-order valence-corrected chi connectivity index (χ2v) is 5.57. The van der Waals surface area contributed by atoms with E-state index in [2.05, 4.69) is 47.4 Å². The first-order chi connectivity index (χ1) is 8.16. The lowest BCUT2D eigenvalue weighted by atomic mass is 10.3. The van der Waals surface area contributed by atoms with Crippen molar-refractivity contribution in [1.29, 1.82) is 0 Å². The van der Waals surface area contributed by atoms with Crippen molar-refractivity contribution >= 4 is 27.4 Å². The molecule has 0 unspecified atom stereocenters. The molecule has 0 aliphatic rings. The van der Waals surface area contributed by atoms with E-state index in [1.807, 2.05) is 0 Å². The maximum atomic E-state index is 4.29. The molecular formula is C12H18N4S. The average Bonchev–Trinajstić information content (AvgIpc) is 2.65. The molecule has 2 aromatic rings. The number of nitrogens with one attached hydrogen (secondary N) is 2. The Balaban J connectivity index is 2.03. The molecule has 4 nitrogen and oxygen atoms in total. The van der Waals surface area contributed by atoms with Crippen molar-refractivity contribution in [2.75, 3.05) is 18.4 Å². The van der Waals surface area contributed by atoms with Crippen LogP contribution in [0.3, 0.4) is 0 Å². The van der Waals surface area contributed by atoms with Crippen LogP contribution >= 0.6 is 11.3 Å². The Kier molecular flexibility index (Phi) is 3.91. The highest BCUT2D eigenvalue weighted by Gasteiger charge is 2.05. The topological polar surface area (TPSA) is 49.8 Å². The summed E-state index contributed by atoms with van der Waals surface area (Å²) in [6, 6.07) is 2.66. The van der Waals surface area contributed by atoms with E-state index in [0.29, 0.717) is 6.04 Å². The summed E-state index contributed by atoms with van der Waals surface area (Å²) < 4.78 is 0. The van der Waals surface area contributed by atoms with E-state index in [-0.39, 0.29) is 0 Å². The van der Waals surface area contributed by atoms with Gasteiger partial charge >= 0.3 is 0 Å². The summed E-state index contributed by atoms with van der Waals surface area (Å²) in [6.07, 6.45) is 1.62. The van der Waals surface area contributed by atoms with Crippen LogP contribution in [0, 0.1) is 6.92 Å². The Labute approximate surface area is 105 Å². The number of rotatable bonds is 5. The molecule has 0 atom stereocenters. The van der Waals surface area contributed by atoms with Gasteiger partial charge in [-0.05, 0) is 13.0 Å². The van der Waals surface area contributed by atoms with Crippen LogP contribution in [0.1, 0.15) is 18.7 Å². The first kappa shape index (κ1) is 12.3. The second-order valence-electron chi connectivity index (χ2n) is 4.33. The number of nitrogens with zero attached hydrogens (tertiary/aromatic N) is 2. The summed E-state index contributed by atoms with van der Waals surface area (Å²) in [5.74, 6) is 0.935. The standard InChI is InChI=1S/C12H18N4S/c1-8(2)13-4-5-14-11-10-6-9(3)17-12(10)16-7-15-11/h6-8,13H,4-5H2,1-3H3,(H,14,15,16). The summed E-state index contributed by atoms with van der Waals surface area (Å²) in [5, 5.41) is 7.84. The predicted molar refractivity (Wildman–Crippen MR) is 73.8 cm³/mol. The maximum absolute atomic E-state index is 4.29. The summed E-state index contributed by atoms with van der Waals surface area (Å²) in [7, 11) is 0. The van der Waals surface area contributed by atoms with Gasteiger partial charge in [0, 0.05) is 24.0 Å². The fourth-order valence-corrected chi connectivity index (χ4v) is 2.51. The highest BCUT2D eigenvalue weighted by molar-refractivity contribution is 7.18. The molecule has 0 spiro atoms. The van der Waals surface area contributed by atoms with Crippen LogP contribution in [-0.2, 0) is 0 Å². The van der Waals surface area contributed by atoms with Crippen molar-refractivity contribution in [2.24, 2.45) is 0 Å². The minimum absolute atomic E-state index is 0.519. The van der Waals surface area contributed by atoms with E-state index in [4.69, 9.17) is 0 Å². The molecule has 5 heteroatoms. The maximum Gasteiger partial charge on any atom is 0.138 e. The first-order valence-corrected chi connectivity index (χ1v) is 6.67. The van der Waals surface area contributed by atoms with E-state index in [9.17, 15) is 0 Å². The molecule has 0 aromatic carbocycles. The molecule has 17 heavy (non-hydrogen) atoms. The zero-order valence-electron chi connectivity index (χ0n) is 10.4. The third-order valence-corrected chi connectivity index (χ3v) is 3.38. The third-order valence-electron chi connectivity index (χ3n) is 2.42. The highest BCUT2D eigenvalue weighted by Crippen LogP contribution is 2.27. The van der Waals surface area contributed by atoms with Gasteiger partial charge in [0.25, 0.3) is 0 Å². The summed E-state index contributed by atoms with van der Waals surface area (Å²) in [5.41, 5.74) is 0. The van der Waals surface area contributed by atoms with Crippen molar-refractivity contribution < 1.29 is 0 Å². The Morgan fingerprint density at radius 3 is 2.88 bits per heavy atom. The van der Waals surface area contributed by atoms with Crippen LogP contribution < -0.4 is 10.6 Å². The molecule has 0 amide bonds. The van der Waals surface area contributed by atoms with Crippen molar-refractivity contribution in [3.63, 3.8) is 0 Å². The summed E-state index contributed by atoms with van der Waals surface area (Å²) >= 11 is 1.70. The van der Waals surface area contributed by atoms with Crippen LogP contribution in [0.25, 0.3) is 10.2 Å². The van der Waals surface area contributed by atoms with Gasteiger partial charge in [-0.3, -0.25) is 0 Å². The molecule has 0 fully saturated rings. The van der Waals surface area contributed by atoms with Crippen molar-refractivity contribution in [2.45, 2.75) is 26.8 Å². The second kappa shape index (κ2) is 5.42. The van der Waals surface area contributed by atoms with Crippen molar-refractivity contribution in [3.8, 4) is 0 Å². The minimum Gasteiger partial charge on any atom is -0.368 e. The Morgan fingerprint density at radius 1 is 1.29 bits per heavy atom. The van der Waals surface area contributed by atoms with E-state index in [1.165, 1.54) is 4.88 Å². The van der Waals surface area contributed by atoms with E-state index >= 15 is 0 Å². The van der Waals surface area contributed by atoms with Gasteiger partial charge in [-0.2, -0.15) is 0 Å². The Morgan fingerprint density at radius 2 is 2.12 bits per heavy atom. The lowest BCUT2D eigenvalue weighted by Crippen LogP contribution is -2.28. The predicted octanol–water partition coefficient (Wildman–Crippen LogP) is 2.41. The van der Waals surface area contributed by atoms with Gasteiger partial charge in [0.2, 0.25) is 0 Å². The normalized spacial score (nSPS) is 11.3. The number of aryl methyl sites for hydroxylation is 1. The molecule has 92 valence electrons. The number of thiophene rings is 1. The fourth-order valence-electron chi connectivity index (χ4n) is 1.66. The van der Waals surface area contributed by atoms with Crippen molar-refractivity contribution in [3.05, 3.63) is 17.3 Å². The van der Waals surface area contributed by atoms with E-state index < -0.39 is 0 Å². The van der Waals surface area contributed by atoms with Gasteiger partial charge in [0.05, 0.1) is 5.39 Å². The lowest BCUT2D eigenvalue weighted by molar-refractivity contribution is 0.602. The van der Waals surface area contributed by atoms with Crippen LogP contribution in [-0.4, -0.2) is 29.1 Å². The zero-order chi connectivity index (χ0) is 12.3. The van der Waals surface area contributed by atoms with Gasteiger partial charge in [0.1, 0.15) is 17.0 Å². The highest BCUT2D eigenvalue weighted by atomic mass is 32.1. The number of hydrogen-bond donors (Lipinski definition) is 2. The molecule has 0 saturated heterocycles. The van der Waals surface area contributed by atoms with Crippen LogP contribution in [0.4, 0.5) is 5.82 Å². The third kappa shape index (κ3) is 3.14. The van der Waals surface area contributed by atoms with Gasteiger partial charge in [-0.1, -0.05) is 13.8 Å². The smallest absolute Gasteiger partial charge is 0.138 e. The minimum atomic E-state index is 0.519. The van der Waals surface area contributed by atoms with Gasteiger partial charge in [0.15, 0.2) is 0 Å². The number of fused-ring (bicyclic) bond motifs is 1. The van der Waals surface area contributed by atoms with Crippen LogP contribution in [0.15, 0.2) is 12.4 Å². The molecule has 0 radical (unpaired) electrons. The van der Waals surface area contributed by atoms with Gasteiger partial charge in [-0.25, -0.2) is 9.97 Å². The molecule has 0 saturated carbocycles. The average molecular weight is 250 g/mol. The SMILES string of the molecule is Cc1cc2c(NCCNC(C)C)ncnc2s1. The van der Waals surface area contributed by atoms with E-state index in [0.717, 1.165) is 29.1 Å². The van der Waals surface area contributed by atoms with Gasteiger partial charge in [-0.15, -0.1) is 11.3 Å². The number of aromatic nitrogens is 2. The molecule has 2 rings (SSSR count). The van der Waals surface area contributed by atoms with E-state index in [1.54, 1.807) is 17.7 Å². The molecule has 2 aromatic heterocycles. The fraction of sp³-hybridized carbons (Fsp3) is 0.500. The quantitative estimate of drug-likeness (QED) is 0.800. The molecular weight excluding hydrogens is 232 g/mol. The largest absolute Gasteiger partial charge is 0.368 e. The Bertz CT molecular complexity index is 492. The van der Waals surface area contributed by atoms with Crippen molar-refractivity contribution in [1.82, 2.24) is 15.3 Å². The monoisotopic (exact) mass is 250 g/mol. The summed E-state index contributed by atoms with van der Waals surface area (Å²) in [6.45, 7) is 8.19. The zero-order valence-corrected chi connectivity index (χ0v) is 11.3. The Hall–Kier alpha value is -1.20. The number of hydrogen-bond acceptors (Lipinski definition) is 5. The molecule has 2 N–H and O–H groups in total. The van der Waals surface area contributed by atoms with Gasteiger partial charge < -0.3 is 10.6 Å². The summed E-state index contributed by atoms with van der Waals surface area (Å²) in [4.78, 5) is 10.9. The lowest BCUT2D eigenvalue weighted by Gasteiger charge is -2.09. The molecule has 0 aliphatic heterocycles. The van der Waals surface area contributed by atoms with Crippen LogP contribution in [0.5, 0.6) is 0 Å². The first-order valence-electron chi connectivity index (χ1n) is 5.85. The number of anilines is 1. The molecule has 0 bridgehead atoms. The molecule has 2 heterocycles. The van der Waals surface area contributed by atoms with Crippen LogP contribution in [0.2, 0.25) is 0 Å². The molecule has 0 aliphatic carbocycles.